The van der Waals surface area contributed by atoms with Crippen molar-refractivity contribution in [2.45, 2.75) is 58.0 Å². The number of piperidine rings is 1. The number of hydrogen-bond acceptors (Lipinski definition) is 3. The first-order valence-corrected chi connectivity index (χ1v) is 8.42. The van der Waals surface area contributed by atoms with Crippen LogP contribution in [0.1, 0.15) is 62.9 Å². The van der Waals surface area contributed by atoms with E-state index < -0.39 is 0 Å². The van der Waals surface area contributed by atoms with Gasteiger partial charge in [-0.15, -0.1) is 0 Å². The van der Waals surface area contributed by atoms with Gasteiger partial charge in [0.25, 0.3) is 0 Å². The monoisotopic (exact) mass is 301 g/mol. The van der Waals surface area contributed by atoms with Crippen molar-refractivity contribution < 1.29 is 9.53 Å². The molecule has 2 heterocycles. The van der Waals surface area contributed by atoms with Crippen LogP contribution in [0.5, 0.6) is 5.75 Å². The second kappa shape index (κ2) is 5.38. The SMILES string of the molecule is CCN1CCC2(CC1)CC(=O)c1cc(C(C)(C)C)ccc1O2. The van der Waals surface area contributed by atoms with Crippen LogP contribution in [0, 0.1) is 0 Å². The summed E-state index contributed by atoms with van der Waals surface area (Å²) in [6.07, 6.45) is 2.44. The molecule has 22 heavy (non-hydrogen) atoms. The molecule has 3 rings (SSSR count). The number of Topliss-reactive ketones (excluding diaryl/α,β-unsaturated/α-hetero) is 1. The maximum absolute atomic E-state index is 12.7. The van der Waals surface area contributed by atoms with Crippen LogP contribution in [-0.2, 0) is 5.41 Å². The predicted octanol–water partition coefficient (Wildman–Crippen LogP) is 3.80. The summed E-state index contributed by atoms with van der Waals surface area (Å²) in [5.41, 5.74) is 1.76. The van der Waals surface area contributed by atoms with Gasteiger partial charge in [0.05, 0.1) is 12.0 Å². The Morgan fingerprint density at radius 1 is 1.23 bits per heavy atom. The van der Waals surface area contributed by atoms with Gasteiger partial charge in [-0.25, -0.2) is 0 Å². The number of hydrogen-bond donors (Lipinski definition) is 0. The topological polar surface area (TPSA) is 29.5 Å². The summed E-state index contributed by atoms with van der Waals surface area (Å²) in [6.45, 7) is 11.8. The van der Waals surface area contributed by atoms with Crippen molar-refractivity contribution in [2.24, 2.45) is 0 Å². The Morgan fingerprint density at radius 3 is 2.50 bits per heavy atom. The number of carbonyl (C=O) groups is 1. The van der Waals surface area contributed by atoms with E-state index in [0.717, 1.165) is 43.8 Å². The minimum absolute atomic E-state index is 0.0525. The quantitative estimate of drug-likeness (QED) is 0.790. The Balaban J connectivity index is 1.86. The van der Waals surface area contributed by atoms with Crippen molar-refractivity contribution in [2.75, 3.05) is 19.6 Å². The molecule has 0 saturated carbocycles. The van der Waals surface area contributed by atoms with Gasteiger partial charge in [0, 0.05) is 25.9 Å². The largest absolute Gasteiger partial charge is 0.486 e. The van der Waals surface area contributed by atoms with Gasteiger partial charge < -0.3 is 9.64 Å². The van der Waals surface area contributed by atoms with Crippen molar-refractivity contribution in [3.63, 3.8) is 0 Å². The third-order valence-electron chi connectivity index (χ3n) is 5.17. The van der Waals surface area contributed by atoms with E-state index in [4.69, 9.17) is 4.74 Å². The average Bonchev–Trinajstić information content (AvgIpc) is 2.47. The molecule has 0 N–H and O–H groups in total. The van der Waals surface area contributed by atoms with Crippen molar-refractivity contribution in [3.8, 4) is 5.75 Å². The van der Waals surface area contributed by atoms with Crippen molar-refractivity contribution in [3.05, 3.63) is 29.3 Å². The fraction of sp³-hybridized carbons (Fsp3) is 0.632. The normalized spacial score (nSPS) is 21.5. The molecule has 120 valence electrons. The van der Waals surface area contributed by atoms with E-state index in [0.29, 0.717) is 6.42 Å². The Kier molecular flexibility index (Phi) is 3.80. The Hall–Kier alpha value is -1.35. The molecule has 1 aromatic rings. The van der Waals surface area contributed by atoms with E-state index in [-0.39, 0.29) is 16.8 Å². The molecule has 3 heteroatoms. The number of likely N-dealkylation sites (tertiary alicyclic amines) is 1. The Bertz CT molecular complexity index is 578. The second-order valence-electron chi connectivity index (χ2n) is 7.78. The number of ketones is 1. The summed E-state index contributed by atoms with van der Waals surface area (Å²) < 4.78 is 6.34. The van der Waals surface area contributed by atoms with Gasteiger partial charge in [0.15, 0.2) is 5.78 Å². The van der Waals surface area contributed by atoms with Gasteiger partial charge in [-0.05, 0) is 29.7 Å². The highest BCUT2D eigenvalue weighted by Crippen LogP contribution is 2.40. The van der Waals surface area contributed by atoms with Gasteiger partial charge in [-0.3, -0.25) is 4.79 Å². The van der Waals surface area contributed by atoms with E-state index in [9.17, 15) is 4.79 Å². The molecule has 0 bridgehead atoms. The molecule has 0 aromatic heterocycles. The van der Waals surface area contributed by atoms with Gasteiger partial charge in [0.1, 0.15) is 11.4 Å². The summed E-state index contributed by atoms with van der Waals surface area (Å²) in [5.74, 6) is 1.03. The lowest BCUT2D eigenvalue weighted by Crippen LogP contribution is -2.50. The number of benzene rings is 1. The first kappa shape index (κ1) is 15.5. The van der Waals surface area contributed by atoms with Gasteiger partial charge in [-0.1, -0.05) is 33.8 Å². The maximum atomic E-state index is 12.7. The lowest BCUT2D eigenvalue weighted by atomic mass is 9.80. The first-order valence-electron chi connectivity index (χ1n) is 8.42. The second-order valence-corrected chi connectivity index (χ2v) is 7.78. The summed E-state index contributed by atoms with van der Waals surface area (Å²) in [5, 5.41) is 0. The lowest BCUT2D eigenvalue weighted by Gasteiger charge is -2.44. The fourth-order valence-corrected chi connectivity index (χ4v) is 3.52. The van der Waals surface area contributed by atoms with Crippen molar-refractivity contribution in [1.29, 1.82) is 0 Å². The van der Waals surface area contributed by atoms with E-state index in [1.165, 1.54) is 5.56 Å². The zero-order valence-electron chi connectivity index (χ0n) is 14.2. The van der Waals surface area contributed by atoms with Gasteiger partial charge >= 0.3 is 0 Å². The third-order valence-corrected chi connectivity index (χ3v) is 5.17. The molecular weight excluding hydrogens is 274 g/mol. The zero-order valence-corrected chi connectivity index (χ0v) is 14.2. The highest BCUT2D eigenvalue weighted by molar-refractivity contribution is 6.00. The summed E-state index contributed by atoms with van der Waals surface area (Å²) in [6, 6.07) is 6.14. The predicted molar refractivity (Wildman–Crippen MR) is 88.8 cm³/mol. The summed E-state index contributed by atoms with van der Waals surface area (Å²) in [4.78, 5) is 15.1. The molecule has 1 saturated heterocycles. The zero-order chi connectivity index (χ0) is 16.0. The highest BCUT2D eigenvalue weighted by atomic mass is 16.5. The molecule has 0 amide bonds. The highest BCUT2D eigenvalue weighted by Gasteiger charge is 2.42. The van der Waals surface area contributed by atoms with Crippen LogP contribution in [0.15, 0.2) is 18.2 Å². The van der Waals surface area contributed by atoms with Gasteiger partial charge in [-0.2, -0.15) is 0 Å². The van der Waals surface area contributed by atoms with E-state index >= 15 is 0 Å². The molecule has 0 atom stereocenters. The summed E-state index contributed by atoms with van der Waals surface area (Å²) >= 11 is 0. The van der Waals surface area contributed by atoms with Crippen LogP contribution in [-0.4, -0.2) is 35.9 Å². The number of carbonyl (C=O) groups excluding carboxylic acids is 1. The number of fused-ring (bicyclic) bond motifs is 1. The van der Waals surface area contributed by atoms with Crippen LogP contribution < -0.4 is 4.74 Å². The third kappa shape index (κ3) is 2.79. The van der Waals surface area contributed by atoms with E-state index in [1.807, 2.05) is 12.1 Å². The Labute approximate surface area is 133 Å². The summed E-state index contributed by atoms with van der Waals surface area (Å²) in [7, 11) is 0. The molecule has 2 aliphatic rings. The molecule has 1 spiro atoms. The minimum Gasteiger partial charge on any atom is -0.486 e. The molecule has 1 aromatic carbocycles. The van der Waals surface area contributed by atoms with Crippen molar-refractivity contribution >= 4 is 5.78 Å². The van der Waals surface area contributed by atoms with Crippen molar-refractivity contribution in [1.82, 2.24) is 4.90 Å². The molecule has 0 unspecified atom stereocenters. The number of ether oxygens (including phenoxy) is 1. The average molecular weight is 301 g/mol. The van der Waals surface area contributed by atoms with E-state index in [1.54, 1.807) is 0 Å². The van der Waals surface area contributed by atoms with Gasteiger partial charge in [0.2, 0.25) is 0 Å². The molecule has 1 fully saturated rings. The Morgan fingerprint density at radius 2 is 1.91 bits per heavy atom. The number of nitrogens with zero attached hydrogens (tertiary/aromatic N) is 1. The molecule has 3 nitrogen and oxygen atoms in total. The maximum Gasteiger partial charge on any atom is 0.170 e. The molecule has 2 aliphatic heterocycles. The molecular formula is C19H27NO2. The van der Waals surface area contributed by atoms with Crippen LogP contribution >= 0.6 is 0 Å². The smallest absolute Gasteiger partial charge is 0.170 e. The minimum atomic E-state index is -0.265. The van der Waals surface area contributed by atoms with E-state index in [2.05, 4.69) is 38.7 Å². The molecule has 0 radical (unpaired) electrons. The lowest BCUT2D eigenvalue weighted by molar-refractivity contribution is -0.00783. The molecule has 0 aliphatic carbocycles. The fourth-order valence-electron chi connectivity index (χ4n) is 3.52. The first-order chi connectivity index (χ1) is 10.3. The number of rotatable bonds is 1. The standard InChI is InChI=1S/C19H27NO2/c1-5-20-10-8-19(9-11-20)13-16(21)15-12-14(18(2,3)4)6-7-17(15)22-19/h6-7,12H,5,8-11,13H2,1-4H3. The van der Waals surface area contributed by atoms with Crippen LogP contribution in [0.2, 0.25) is 0 Å². The van der Waals surface area contributed by atoms with Crippen LogP contribution in [0.3, 0.4) is 0 Å². The van der Waals surface area contributed by atoms with Crippen LogP contribution in [0.4, 0.5) is 0 Å². The van der Waals surface area contributed by atoms with Crippen LogP contribution in [0.25, 0.3) is 0 Å².